The molecule has 0 N–H and O–H groups in total. The number of rotatable bonds is 4. The summed E-state index contributed by atoms with van der Waals surface area (Å²) in [6.07, 6.45) is 0.886. The average molecular weight is 268 g/mol. The summed E-state index contributed by atoms with van der Waals surface area (Å²) in [6, 6.07) is 7.21. The third kappa shape index (κ3) is 3.07. The minimum absolute atomic E-state index is 0.187. The number of ether oxygens (including phenoxy) is 1. The molecule has 0 bridgehead atoms. The van der Waals surface area contributed by atoms with E-state index < -0.39 is 0 Å². The highest BCUT2D eigenvalue weighted by Crippen LogP contribution is 2.28. The van der Waals surface area contributed by atoms with Crippen LogP contribution in [-0.2, 0) is 0 Å². The van der Waals surface area contributed by atoms with Crippen molar-refractivity contribution in [3.8, 4) is 11.8 Å². The quantitative estimate of drug-likeness (QED) is 0.789. The average Bonchev–Trinajstić information content (AvgIpc) is 2.21. The van der Waals surface area contributed by atoms with Crippen molar-refractivity contribution in [2.75, 3.05) is 0 Å². The lowest BCUT2D eigenvalue weighted by Crippen LogP contribution is -2.11. The van der Waals surface area contributed by atoms with E-state index in [0.29, 0.717) is 22.2 Å². The fourth-order valence-electron chi connectivity index (χ4n) is 1.10. The molecule has 1 unspecified atom stereocenters. The maximum atomic E-state index is 10.7. The zero-order valence-corrected chi connectivity index (χ0v) is 9.82. The van der Waals surface area contributed by atoms with Gasteiger partial charge in [0.05, 0.1) is 17.0 Å². The van der Waals surface area contributed by atoms with Gasteiger partial charge in [0.25, 0.3) is 0 Å². The van der Waals surface area contributed by atoms with E-state index in [1.54, 1.807) is 18.2 Å². The van der Waals surface area contributed by atoms with Crippen molar-refractivity contribution in [1.82, 2.24) is 0 Å². The topological polar surface area (TPSA) is 50.1 Å². The van der Waals surface area contributed by atoms with Gasteiger partial charge in [-0.25, -0.2) is 0 Å². The first-order chi connectivity index (χ1) is 7.19. The molecule has 0 amide bonds. The molecular weight excluding hydrogens is 258 g/mol. The molecular formula is C11H10BrNO2. The minimum atomic E-state index is -0.187. The van der Waals surface area contributed by atoms with Crippen LogP contribution in [0.15, 0.2) is 22.7 Å². The fourth-order valence-corrected chi connectivity index (χ4v) is 1.55. The zero-order chi connectivity index (χ0) is 11.3. The second-order valence-corrected chi connectivity index (χ2v) is 3.86. The highest BCUT2D eigenvalue weighted by atomic mass is 79.9. The number of benzene rings is 1. The molecule has 0 saturated carbocycles. The van der Waals surface area contributed by atoms with Gasteiger partial charge >= 0.3 is 0 Å². The monoisotopic (exact) mass is 267 g/mol. The van der Waals surface area contributed by atoms with Crippen molar-refractivity contribution in [1.29, 1.82) is 5.26 Å². The SMILES string of the molecule is CC(CC#N)Oc1cccc(C=O)c1Br. The molecule has 1 aromatic rings. The lowest BCUT2D eigenvalue weighted by molar-refractivity contribution is 0.112. The van der Waals surface area contributed by atoms with E-state index in [1.165, 1.54) is 0 Å². The Kier molecular flexibility index (Phi) is 4.32. The van der Waals surface area contributed by atoms with Gasteiger partial charge in [0.15, 0.2) is 6.29 Å². The Balaban J connectivity index is 2.86. The van der Waals surface area contributed by atoms with Crippen molar-refractivity contribution in [2.45, 2.75) is 19.4 Å². The molecule has 15 heavy (non-hydrogen) atoms. The molecule has 3 nitrogen and oxygen atoms in total. The van der Waals surface area contributed by atoms with Gasteiger partial charge in [-0.2, -0.15) is 5.26 Å². The highest BCUT2D eigenvalue weighted by Gasteiger charge is 2.09. The first kappa shape index (κ1) is 11.7. The van der Waals surface area contributed by atoms with Crippen molar-refractivity contribution in [3.63, 3.8) is 0 Å². The molecule has 1 atom stereocenters. The van der Waals surface area contributed by atoms with Gasteiger partial charge in [-0.3, -0.25) is 4.79 Å². The van der Waals surface area contributed by atoms with Crippen molar-refractivity contribution in [3.05, 3.63) is 28.2 Å². The van der Waals surface area contributed by atoms with Gasteiger partial charge < -0.3 is 4.74 Å². The van der Waals surface area contributed by atoms with Gasteiger partial charge in [0.1, 0.15) is 11.9 Å². The zero-order valence-electron chi connectivity index (χ0n) is 8.24. The molecule has 78 valence electrons. The molecule has 0 saturated heterocycles. The predicted octanol–water partition coefficient (Wildman–Crippen LogP) is 2.94. The van der Waals surface area contributed by atoms with Crippen LogP contribution in [-0.4, -0.2) is 12.4 Å². The van der Waals surface area contributed by atoms with Crippen LogP contribution in [0.25, 0.3) is 0 Å². The summed E-state index contributed by atoms with van der Waals surface area (Å²) in [6.45, 7) is 1.81. The Hall–Kier alpha value is -1.34. The Morgan fingerprint density at radius 3 is 3.00 bits per heavy atom. The normalized spacial score (nSPS) is 11.5. The number of aldehydes is 1. The molecule has 0 aromatic heterocycles. The molecule has 1 rings (SSSR count). The number of hydrogen-bond acceptors (Lipinski definition) is 3. The van der Waals surface area contributed by atoms with E-state index in [4.69, 9.17) is 10.00 Å². The van der Waals surface area contributed by atoms with Crippen molar-refractivity contribution >= 4 is 22.2 Å². The number of nitrogens with zero attached hydrogens (tertiary/aromatic N) is 1. The van der Waals surface area contributed by atoms with Crippen molar-refractivity contribution in [2.24, 2.45) is 0 Å². The van der Waals surface area contributed by atoms with Gasteiger partial charge in [0, 0.05) is 5.56 Å². The van der Waals surface area contributed by atoms with Crippen LogP contribution in [0.3, 0.4) is 0 Å². The van der Waals surface area contributed by atoms with Gasteiger partial charge in [-0.15, -0.1) is 0 Å². The number of carbonyl (C=O) groups is 1. The Bertz CT molecular complexity index is 398. The lowest BCUT2D eigenvalue weighted by atomic mass is 10.2. The van der Waals surface area contributed by atoms with Crippen LogP contribution in [0.5, 0.6) is 5.75 Å². The summed E-state index contributed by atoms with van der Waals surface area (Å²) in [7, 11) is 0. The summed E-state index contributed by atoms with van der Waals surface area (Å²) < 4.78 is 6.13. The Labute approximate surface area is 96.8 Å². The van der Waals surface area contributed by atoms with E-state index in [2.05, 4.69) is 15.9 Å². The molecule has 0 aliphatic heterocycles. The number of carbonyl (C=O) groups excluding carboxylic acids is 1. The highest BCUT2D eigenvalue weighted by molar-refractivity contribution is 9.10. The van der Waals surface area contributed by atoms with Gasteiger partial charge in [0.2, 0.25) is 0 Å². The third-order valence-corrected chi connectivity index (χ3v) is 2.68. The standard InChI is InChI=1S/C11H10BrNO2/c1-8(5-6-13)15-10-4-2-3-9(7-14)11(10)12/h2-4,7-8H,5H2,1H3. The number of halogens is 1. The summed E-state index contributed by atoms with van der Waals surface area (Å²) in [5, 5.41) is 8.49. The smallest absolute Gasteiger partial charge is 0.151 e. The number of hydrogen-bond donors (Lipinski definition) is 0. The van der Waals surface area contributed by atoms with E-state index in [1.807, 2.05) is 13.0 Å². The summed E-state index contributed by atoms with van der Waals surface area (Å²) in [4.78, 5) is 10.7. The Morgan fingerprint density at radius 1 is 1.67 bits per heavy atom. The van der Waals surface area contributed by atoms with Gasteiger partial charge in [-0.05, 0) is 28.9 Å². The molecule has 0 spiro atoms. The van der Waals surface area contributed by atoms with Crippen LogP contribution in [0.2, 0.25) is 0 Å². The summed E-state index contributed by atoms with van der Waals surface area (Å²) >= 11 is 3.28. The first-order valence-corrected chi connectivity index (χ1v) is 5.25. The molecule has 4 heteroatoms. The van der Waals surface area contributed by atoms with E-state index in [9.17, 15) is 4.79 Å². The molecule has 0 fully saturated rings. The molecule has 0 aliphatic rings. The van der Waals surface area contributed by atoms with E-state index in [0.717, 1.165) is 6.29 Å². The Morgan fingerprint density at radius 2 is 2.40 bits per heavy atom. The second kappa shape index (κ2) is 5.52. The lowest BCUT2D eigenvalue weighted by Gasteiger charge is -2.13. The van der Waals surface area contributed by atoms with Crippen LogP contribution >= 0.6 is 15.9 Å². The fraction of sp³-hybridized carbons (Fsp3) is 0.273. The molecule has 0 radical (unpaired) electrons. The number of nitriles is 1. The molecule has 0 heterocycles. The van der Waals surface area contributed by atoms with Crippen LogP contribution in [0, 0.1) is 11.3 Å². The maximum Gasteiger partial charge on any atom is 0.151 e. The first-order valence-electron chi connectivity index (χ1n) is 4.46. The van der Waals surface area contributed by atoms with Crippen LogP contribution in [0.4, 0.5) is 0 Å². The molecule has 1 aromatic carbocycles. The van der Waals surface area contributed by atoms with Crippen LogP contribution in [0.1, 0.15) is 23.7 Å². The molecule has 0 aliphatic carbocycles. The van der Waals surface area contributed by atoms with E-state index in [-0.39, 0.29) is 6.10 Å². The second-order valence-electron chi connectivity index (χ2n) is 3.07. The minimum Gasteiger partial charge on any atom is -0.488 e. The van der Waals surface area contributed by atoms with Gasteiger partial charge in [-0.1, -0.05) is 12.1 Å². The predicted molar refractivity (Wildman–Crippen MR) is 59.8 cm³/mol. The maximum absolute atomic E-state index is 10.7. The largest absolute Gasteiger partial charge is 0.488 e. The summed E-state index contributed by atoms with van der Waals surface area (Å²) in [5.41, 5.74) is 0.539. The van der Waals surface area contributed by atoms with E-state index >= 15 is 0 Å². The summed E-state index contributed by atoms with van der Waals surface area (Å²) in [5.74, 6) is 0.586. The van der Waals surface area contributed by atoms with Crippen molar-refractivity contribution < 1.29 is 9.53 Å². The third-order valence-electron chi connectivity index (χ3n) is 1.83. The van der Waals surface area contributed by atoms with Crippen LogP contribution < -0.4 is 4.74 Å².